The summed E-state index contributed by atoms with van der Waals surface area (Å²) in [6, 6.07) is 0. The molecular weight excluding hydrogens is 156 g/mol. The van der Waals surface area contributed by atoms with Crippen LogP contribution in [-0.2, 0) is 14.3 Å². The molecule has 0 saturated heterocycles. The van der Waals surface area contributed by atoms with E-state index in [4.69, 9.17) is 0 Å². The van der Waals surface area contributed by atoms with Gasteiger partial charge in [0.05, 0.1) is 5.92 Å². The van der Waals surface area contributed by atoms with E-state index < -0.39 is 11.9 Å². The van der Waals surface area contributed by atoms with Gasteiger partial charge in [0.1, 0.15) is 0 Å². The number of hydrogen-bond donors (Lipinski definition) is 0. The first kappa shape index (κ1) is 11.1. The van der Waals surface area contributed by atoms with Gasteiger partial charge in [0, 0.05) is 6.42 Å². The molecule has 0 aromatic carbocycles. The lowest BCUT2D eigenvalue weighted by Gasteiger charge is -2.06. The Kier molecular flexibility index (Phi) is 5.34. The molecule has 0 heterocycles. The second-order valence-electron chi connectivity index (χ2n) is 2.85. The standard InChI is InChI=1S/C9H16O3/c1-4-6-8(10)12-9(11)7(3)5-2/h7H,4-6H2,1-3H3. The van der Waals surface area contributed by atoms with Gasteiger partial charge in [-0.3, -0.25) is 9.59 Å². The lowest BCUT2D eigenvalue weighted by Crippen LogP contribution is -2.18. The van der Waals surface area contributed by atoms with Crippen molar-refractivity contribution in [2.75, 3.05) is 0 Å². The normalized spacial score (nSPS) is 12.2. The van der Waals surface area contributed by atoms with Gasteiger partial charge in [-0.15, -0.1) is 0 Å². The van der Waals surface area contributed by atoms with E-state index in [-0.39, 0.29) is 5.92 Å². The maximum Gasteiger partial charge on any atom is 0.316 e. The summed E-state index contributed by atoms with van der Waals surface area (Å²) in [6.45, 7) is 5.51. The van der Waals surface area contributed by atoms with Crippen LogP contribution in [0.3, 0.4) is 0 Å². The highest BCUT2D eigenvalue weighted by molar-refractivity contribution is 5.86. The van der Waals surface area contributed by atoms with Crippen LogP contribution in [0.2, 0.25) is 0 Å². The van der Waals surface area contributed by atoms with E-state index in [0.717, 1.165) is 0 Å². The smallest absolute Gasteiger partial charge is 0.316 e. The molecule has 0 bridgehead atoms. The minimum absolute atomic E-state index is 0.175. The SMILES string of the molecule is CCCC(=O)OC(=O)C(C)CC. The topological polar surface area (TPSA) is 43.4 Å². The van der Waals surface area contributed by atoms with Crippen molar-refractivity contribution in [2.24, 2.45) is 5.92 Å². The van der Waals surface area contributed by atoms with Crippen molar-refractivity contribution in [1.29, 1.82) is 0 Å². The number of carbonyl (C=O) groups is 2. The number of hydrogen-bond acceptors (Lipinski definition) is 3. The summed E-state index contributed by atoms with van der Waals surface area (Å²) in [7, 11) is 0. The van der Waals surface area contributed by atoms with E-state index >= 15 is 0 Å². The molecular formula is C9H16O3. The van der Waals surface area contributed by atoms with Gasteiger partial charge in [0.25, 0.3) is 0 Å². The van der Waals surface area contributed by atoms with E-state index in [1.165, 1.54) is 0 Å². The lowest BCUT2D eigenvalue weighted by atomic mass is 10.1. The molecule has 0 aliphatic heterocycles. The van der Waals surface area contributed by atoms with Gasteiger partial charge in [0.2, 0.25) is 0 Å². The zero-order chi connectivity index (χ0) is 9.56. The Labute approximate surface area is 73.1 Å². The summed E-state index contributed by atoms with van der Waals surface area (Å²) in [5.74, 6) is -0.996. The monoisotopic (exact) mass is 172 g/mol. The molecule has 0 fully saturated rings. The Morgan fingerprint density at radius 1 is 1.33 bits per heavy atom. The van der Waals surface area contributed by atoms with Gasteiger partial charge in [-0.05, 0) is 12.8 Å². The Morgan fingerprint density at radius 3 is 2.33 bits per heavy atom. The summed E-state index contributed by atoms with van der Waals surface area (Å²) < 4.78 is 4.57. The fraction of sp³-hybridized carbons (Fsp3) is 0.778. The predicted molar refractivity (Wildman–Crippen MR) is 45.5 cm³/mol. The third kappa shape index (κ3) is 4.11. The minimum Gasteiger partial charge on any atom is -0.393 e. The molecule has 3 heteroatoms. The average molecular weight is 172 g/mol. The summed E-state index contributed by atoms with van der Waals surface area (Å²) in [5.41, 5.74) is 0. The minimum atomic E-state index is -0.414. The largest absolute Gasteiger partial charge is 0.393 e. The van der Waals surface area contributed by atoms with E-state index in [1.807, 2.05) is 13.8 Å². The van der Waals surface area contributed by atoms with Crippen LogP contribution in [0.1, 0.15) is 40.0 Å². The van der Waals surface area contributed by atoms with Gasteiger partial charge in [-0.1, -0.05) is 20.8 Å². The van der Waals surface area contributed by atoms with Gasteiger partial charge < -0.3 is 4.74 Å². The Morgan fingerprint density at radius 2 is 1.92 bits per heavy atom. The molecule has 0 aliphatic carbocycles. The van der Waals surface area contributed by atoms with Crippen LogP contribution < -0.4 is 0 Å². The molecule has 0 spiro atoms. The first-order valence-electron chi connectivity index (χ1n) is 4.36. The summed E-state index contributed by atoms with van der Waals surface area (Å²) in [6.07, 6.45) is 1.74. The second kappa shape index (κ2) is 5.75. The molecule has 0 rings (SSSR count). The Bertz CT molecular complexity index is 163. The Balaban J connectivity index is 3.76. The fourth-order valence-corrected chi connectivity index (χ4v) is 0.635. The van der Waals surface area contributed by atoms with Gasteiger partial charge in [-0.25, -0.2) is 0 Å². The van der Waals surface area contributed by atoms with Crippen molar-refractivity contribution >= 4 is 11.9 Å². The highest BCUT2D eigenvalue weighted by Crippen LogP contribution is 2.04. The van der Waals surface area contributed by atoms with Crippen LogP contribution in [0.25, 0.3) is 0 Å². The van der Waals surface area contributed by atoms with Crippen LogP contribution in [0.5, 0.6) is 0 Å². The maximum atomic E-state index is 11.0. The van der Waals surface area contributed by atoms with E-state index in [1.54, 1.807) is 6.92 Å². The first-order valence-corrected chi connectivity index (χ1v) is 4.36. The molecule has 0 aromatic heterocycles. The molecule has 1 atom stereocenters. The molecule has 70 valence electrons. The van der Waals surface area contributed by atoms with Crippen molar-refractivity contribution in [3.8, 4) is 0 Å². The third-order valence-electron chi connectivity index (χ3n) is 1.68. The number of esters is 2. The highest BCUT2D eigenvalue weighted by Gasteiger charge is 2.15. The molecule has 0 saturated carbocycles. The van der Waals surface area contributed by atoms with Crippen LogP contribution in [0.15, 0.2) is 0 Å². The van der Waals surface area contributed by atoms with Crippen molar-refractivity contribution in [2.45, 2.75) is 40.0 Å². The molecule has 1 unspecified atom stereocenters. The summed E-state index contributed by atoms with van der Waals surface area (Å²) in [5, 5.41) is 0. The molecule has 0 N–H and O–H groups in total. The lowest BCUT2D eigenvalue weighted by molar-refractivity contribution is -0.162. The quantitative estimate of drug-likeness (QED) is 0.480. The highest BCUT2D eigenvalue weighted by atomic mass is 16.6. The van der Waals surface area contributed by atoms with Gasteiger partial charge in [-0.2, -0.15) is 0 Å². The van der Waals surface area contributed by atoms with Crippen molar-refractivity contribution < 1.29 is 14.3 Å². The molecule has 0 radical (unpaired) electrons. The number of carbonyl (C=O) groups excluding carboxylic acids is 2. The van der Waals surface area contributed by atoms with Crippen molar-refractivity contribution in [3.05, 3.63) is 0 Å². The fourth-order valence-electron chi connectivity index (χ4n) is 0.635. The van der Waals surface area contributed by atoms with E-state index in [0.29, 0.717) is 19.3 Å². The molecule has 0 aliphatic rings. The van der Waals surface area contributed by atoms with Crippen LogP contribution in [0, 0.1) is 5.92 Å². The zero-order valence-electron chi connectivity index (χ0n) is 7.92. The molecule has 0 amide bonds. The zero-order valence-corrected chi connectivity index (χ0v) is 7.92. The molecule has 0 aromatic rings. The van der Waals surface area contributed by atoms with E-state index in [2.05, 4.69) is 4.74 Å². The number of rotatable bonds is 4. The van der Waals surface area contributed by atoms with Gasteiger partial charge >= 0.3 is 11.9 Å². The van der Waals surface area contributed by atoms with Crippen molar-refractivity contribution in [1.82, 2.24) is 0 Å². The number of ether oxygens (including phenoxy) is 1. The maximum absolute atomic E-state index is 11.0. The molecule has 12 heavy (non-hydrogen) atoms. The van der Waals surface area contributed by atoms with Crippen LogP contribution in [0.4, 0.5) is 0 Å². The summed E-state index contributed by atoms with van der Waals surface area (Å²) >= 11 is 0. The van der Waals surface area contributed by atoms with Crippen LogP contribution >= 0.6 is 0 Å². The van der Waals surface area contributed by atoms with Gasteiger partial charge in [0.15, 0.2) is 0 Å². The average Bonchev–Trinajstić information content (AvgIpc) is 2.03. The first-order chi connectivity index (χ1) is 5.61. The molecule has 3 nitrogen and oxygen atoms in total. The van der Waals surface area contributed by atoms with Crippen LogP contribution in [-0.4, -0.2) is 11.9 Å². The Hall–Kier alpha value is -0.860. The third-order valence-corrected chi connectivity index (χ3v) is 1.68. The summed E-state index contributed by atoms with van der Waals surface area (Å²) in [4.78, 5) is 21.8. The second-order valence-corrected chi connectivity index (χ2v) is 2.85. The van der Waals surface area contributed by atoms with E-state index in [9.17, 15) is 9.59 Å². The predicted octanol–water partition coefficient (Wildman–Crippen LogP) is 1.90. The van der Waals surface area contributed by atoms with Crippen molar-refractivity contribution in [3.63, 3.8) is 0 Å².